The summed E-state index contributed by atoms with van der Waals surface area (Å²) in [5.41, 5.74) is 3.58. The number of rotatable bonds is 4. The Morgan fingerprint density at radius 1 is 0.969 bits per heavy atom. The van der Waals surface area contributed by atoms with Gasteiger partial charge in [0.1, 0.15) is 5.75 Å². The number of para-hydroxylation sites is 2. The molecule has 1 atom stereocenters. The molecule has 2 aliphatic rings. The van der Waals surface area contributed by atoms with Crippen molar-refractivity contribution in [3.63, 3.8) is 0 Å². The zero-order chi connectivity index (χ0) is 22.1. The van der Waals surface area contributed by atoms with Gasteiger partial charge in [0.15, 0.2) is 5.78 Å². The molecule has 0 bridgehead atoms. The minimum absolute atomic E-state index is 0.0499. The summed E-state index contributed by atoms with van der Waals surface area (Å²) in [5, 5.41) is 0.704. The number of methoxy groups -OCH3 is 1. The molecule has 1 fully saturated rings. The average Bonchev–Trinajstić information content (AvgIpc) is 2.84. The normalized spacial score (nSPS) is 18.4. The van der Waals surface area contributed by atoms with Crippen LogP contribution in [0.25, 0.3) is 0 Å². The molecule has 0 radical (unpaired) electrons. The molecule has 2 aromatic carbocycles. The van der Waals surface area contributed by atoms with E-state index in [0.29, 0.717) is 29.4 Å². The molecule has 164 valence electrons. The van der Waals surface area contributed by atoms with Gasteiger partial charge in [-0.2, -0.15) is 0 Å². The third-order valence-electron chi connectivity index (χ3n) is 6.36. The molecule has 5 rings (SSSR count). The second-order valence-corrected chi connectivity index (χ2v) is 8.63. The van der Waals surface area contributed by atoms with E-state index in [1.54, 1.807) is 13.3 Å². The molecule has 0 N–H and O–H groups in total. The van der Waals surface area contributed by atoms with Gasteiger partial charge in [-0.1, -0.05) is 41.9 Å². The molecule has 0 unspecified atom stereocenters. The lowest BCUT2D eigenvalue weighted by Gasteiger charge is -2.37. The lowest BCUT2D eigenvalue weighted by molar-refractivity contribution is 0.0962. The molecule has 0 spiro atoms. The van der Waals surface area contributed by atoms with E-state index in [1.165, 1.54) is 0 Å². The number of benzene rings is 2. The number of Topliss-reactive ketones (excluding diaryl/α,β-unsaturated/α-hetero) is 1. The van der Waals surface area contributed by atoms with Gasteiger partial charge in [0.25, 0.3) is 0 Å². The molecule has 7 heteroatoms. The van der Waals surface area contributed by atoms with E-state index in [-0.39, 0.29) is 11.7 Å². The second kappa shape index (κ2) is 8.79. The Labute approximate surface area is 192 Å². The van der Waals surface area contributed by atoms with Crippen molar-refractivity contribution in [2.75, 3.05) is 43.1 Å². The molecule has 1 aliphatic carbocycles. The Kier molecular flexibility index (Phi) is 5.70. The highest BCUT2D eigenvalue weighted by Crippen LogP contribution is 2.35. The van der Waals surface area contributed by atoms with Crippen LogP contribution in [0.15, 0.2) is 54.7 Å². The van der Waals surface area contributed by atoms with Crippen molar-refractivity contribution in [1.29, 1.82) is 0 Å². The van der Waals surface area contributed by atoms with Gasteiger partial charge < -0.3 is 14.5 Å². The number of anilines is 2. The minimum atomic E-state index is 0.0499. The summed E-state index contributed by atoms with van der Waals surface area (Å²) in [7, 11) is 1.70. The van der Waals surface area contributed by atoms with E-state index in [1.807, 2.05) is 42.5 Å². The summed E-state index contributed by atoms with van der Waals surface area (Å²) < 4.78 is 5.52. The number of piperazine rings is 1. The highest BCUT2D eigenvalue weighted by atomic mass is 35.5. The minimum Gasteiger partial charge on any atom is -0.495 e. The zero-order valence-electron chi connectivity index (χ0n) is 18.0. The number of fused-ring (bicyclic) bond motifs is 1. The quantitative estimate of drug-likeness (QED) is 0.590. The summed E-state index contributed by atoms with van der Waals surface area (Å²) in [5.74, 6) is 1.71. The van der Waals surface area contributed by atoms with Crippen molar-refractivity contribution in [2.24, 2.45) is 0 Å². The summed E-state index contributed by atoms with van der Waals surface area (Å²) in [6.07, 6.45) is 2.84. The van der Waals surface area contributed by atoms with Crippen LogP contribution in [0.3, 0.4) is 0 Å². The van der Waals surface area contributed by atoms with Crippen molar-refractivity contribution >= 4 is 29.0 Å². The van der Waals surface area contributed by atoms with E-state index >= 15 is 0 Å². The third-order valence-corrected chi connectivity index (χ3v) is 6.70. The number of aromatic nitrogens is 2. The Morgan fingerprint density at radius 3 is 2.47 bits per heavy atom. The molecule has 0 saturated carbocycles. The predicted octanol–water partition coefficient (Wildman–Crippen LogP) is 4.38. The van der Waals surface area contributed by atoms with Crippen molar-refractivity contribution in [3.05, 3.63) is 76.6 Å². The van der Waals surface area contributed by atoms with Gasteiger partial charge in [-0.15, -0.1) is 0 Å². The molecule has 1 saturated heterocycles. The third kappa shape index (κ3) is 3.91. The van der Waals surface area contributed by atoms with E-state index in [2.05, 4.69) is 20.9 Å². The summed E-state index contributed by atoms with van der Waals surface area (Å²) in [4.78, 5) is 26.7. The predicted molar refractivity (Wildman–Crippen MR) is 126 cm³/mol. The van der Waals surface area contributed by atoms with Crippen LogP contribution in [-0.4, -0.2) is 49.0 Å². The average molecular weight is 449 g/mol. The van der Waals surface area contributed by atoms with Crippen molar-refractivity contribution in [3.8, 4) is 5.75 Å². The second-order valence-electron chi connectivity index (χ2n) is 8.23. The number of hydrogen-bond acceptors (Lipinski definition) is 6. The van der Waals surface area contributed by atoms with E-state index in [9.17, 15) is 4.79 Å². The van der Waals surface area contributed by atoms with Crippen molar-refractivity contribution in [2.45, 2.75) is 18.8 Å². The maximum atomic E-state index is 12.8. The lowest BCUT2D eigenvalue weighted by Crippen LogP contribution is -2.47. The Bertz CT molecular complexity index is 1140. The first-order valence-electron chi connectivity index (χ1n) is 10.9. The number of carbonyl (C=O) groups excluding carboxylic acids is 1. The van der Waals surface area contributed by atoms with Gasteiger partial charge >= 0.3 is 0 Å². The Morgan fingerprint density at radius 2 is 1.69 bits per heavy atom. The monoisotopic (exact) mass is 448 g/mol. The van der Waals surface area contributed by atoms with Crippen LogP contribution in [0.2, 0.25) is 5.02 Å². The smallest absolute Gasteiger partial charge is 0.225 e. The van der Waals surface area contributed by atoms with Crippen LogP contribution >= 0.6 is 11.6 Å². The molecule has 2 heterocycles. The van der Waals surface area contributed by atoms with Gasteiger partial charge in [0, 0.05) is 43.8 Å². The number of ether oxygens (including phenoxy) is 1. The van der Waals surface area contributed by atoms with Gasteiger partial charge in [-0.25, -0.2) is 9.97 Å². The molecule has 32 heavy (non-hydrogen) atoms. The number of halogens is 1. The van der Waals surface area contributed by atoms with Gasteiger partial charge in [-0.05, 0) is 36.1 Å². The first-order chi connectivity index (χ1) is 15.6. The maximum absolute atomic E-state index is 12.8. The summed E-state index contributed by atoms with van der Waals surface area (Å²) in [6.45, 7) is 3.31. The van der Waals surface area contributed by atoms with Crippen LogP contribution in [-0.2, 0) is 6.42 Å². The molecule has 1 aromatic heterocycles. The van der Waals surface area contributed by atoms with E-state index in [4.69, 9.17) is 21.3 Å². The van der Waals surface area contributed by atoms with E-state index in [0.717, 1.165) is 48.9 Å². The number of hydrogen-bond donors (Lipinski definition) is 0. The van der Waals surface area contributed by atoms with Crippen LogP contribution in [0, 0.1) is 0 Å². The fourth-order valence-electron chi connectivity index (χ4n) is 4.65. The molecule has 3 aromatic rings. The van der Waals surface area contributed by atoms with Crippen LogP contribution < -0.4 is 14.5 Å². The molecule has 6 nitrogen and oxygen atoms in total. The Hall–Kier alpha value is -3.12. The topological polar surface area (TPSA) is 58.6 Å². The fourth-order valence-corrected chi connectivity index (χ4v) is 4.94. The van der Waals surface area contributed by atoms with Crippen LogP contribution in [0.5, 0.6) is 5.75 Å². The van der Waals surface area contributed by atoms with Gasteiger partial charge in [0.2, 0.25) is 5.95 Å². The molecular formula is C25H25ClN4O2. The Balaban J connectivity index is 1.33. The zero-order valence-corrected chi connectivity index (χ0v) is 18.8. The first-order valence-corrected chi connectivity index (χ1v) is 11.3. The summed E-state index contributed by atoms with van der Waals surface area (Å²) in [6, 6.07) is 15.8. The fraction of sp³-hybridized carbons (Fsp3) is 0.320. The highest BCUT2D eigenvalue weighted by molar-refractivity contribution is 6.31. The number of carbonyl (C=O) groups is 1. The SMILES string of the molecule is COc1ccccc1N1CCN(c2ncc3c(n2)C[C@@H](c2ccccc2Cl)CC3=O)CC1. The molecular weight excluding hydrogens is 424 g/mol. The first kappa shape index (κ1) is 20.8. The number of ketones is 1. The highest BCUT2D eigenvalue weighted by Gasteiger charge is 2.30. The van der Waals surface area contributed by atoms with Gasteiger partial charge in [0.05, 0.1) is 24.1 Å². The van der Waals surface area contributed by atoms with Crippen LogP contribution in [0.4, 0.5) is 11.6 Å². The summed E-state index contributed by atoms with van der Waals surface area (Å²) >= 11 is 6.41. The molecule has 0 amide bonds. The standard InChI is InChI=1S/C25H25ClN4O2/c1-32-24-9-5-4-8-22(24)29-10-12-30(13-11-29)25-27-16-19-21(28-25)14-17(15-23(19)31)18-6-2-3-7-20(18)26/h2-9,16-17H,10-15H2,1H3/t17-/m1/s1. The van der Waals surface area contributed by atoms with E-state index < -0.39 is 0 Å². The van der Waals surface area contributed by atoms with Crippen molar-refractivity contribution < 1.29 is 9.53 Å². The molecule has 1 aliphatic heterocycles. The van der Waals surface area contributed by atoms with Crippen LogP contribution in [0.1, 0.15) is 34.0 Å². The van der Waals surface area contributed by atoms with Gasteiger partial charge in [-0.3, -0.25) is 4.79 Å². The van der Waals surface area contributed by atoms with Crippen molar-refractivity contribution in [1.82, 2.24) is 9.97 Å². The largest absolute Gasteiger partial charge is 0.495 e. The maximum Gasteiger partial charge on any atom is 0.225 e. The lowest BCUT2D eigenvalue weighted by atomic mass is 9.82. The number of nitrogens with zero attached hydrogens (tertiary/aromatic N) is 4.